The summed E-state index contributed by atoms with van der Waals surface area (Å²) in [5.74, 6) is 0.981. The number of carbonyl (C=O) groups excluding carboxylic acids is 1. The molecule has 0 radical (unpaired) electrons. The van der Waals surface area contributed by atoms with Crippen LogP contribution in [0.2, 0.25) is 0 Å². The monoisotopic (exact) mass is 505 g/mol. The number of pyridine rings is 2. The van der Waals surface area contributed by atoms with E-state index in [4.69, 9.17) is 4.98 Å². The molecule has 1 atom stereocenters. The first-order valence-corrected chi connectivity index (χ1v) is 12.6. The highest BCUT2D eigenvalue weighted by Crippen LogP contribution is 2.45. The molecule has 1 fully saturated rings. The van der Waals surface area contributed by atoms with Gasteiger partial charge < -0.3 is 9.80 Å². The van der Waals surface area contributed by atoms with Crippen molar-refractivity contribution in [2.24, 2.45) is 0 Å². The molecule has 10 nitrogen and oxygen atoms in total. The van der Waals surface area contributed by atoms with Crippen LogP contribution in [0.3, 0.4) is 0 Å². The van der Waals surface area contributed by atoms with Gasteiger partial charge in [-0.05, 0) is 30.3 Å². The Balaban J connectivity index is 1.16. The van der Waals surface area contributed by atoms with Crippen LogP contribution in [0, 0.1) is 11.3 Å². The maximum atomic E-state index is 12.7. The average Bonchev–Trinajstić information content (AvgIpc) is 3.60. The van der Waals surface area contributed by atoms with Crippen molar-refractivity contribution in [1.29, 1.82) is 5.26 Å². The number of aromatic amines is 1. The Bertz CT molecular complexity index is 1440. The molecule has 0 aliphatic carbocycles. The molecule has 38 heavy (non-hydrogen) atoms. The number of anilines is 1. The van der Waals surface area contributed by atoms with Gasteiger partial charge in [-0.3, -0.25) is 19.9 Å². The summed E-state index contributed by atoms with van der Waals surface area (Å²) in [4.78, 5) is 25.8. The first-order valence-electron chi connectivity index (χ1n) is 12.6. The van der Waals surface area contributed by atoms with Crippen LogP contribution in [-0.4, -0.2) is 74.2 Å². The molecule has 10 heteroatoms. The Hall–Kier alpha value is -4.75. The molecule has 1 unspecified atom stereocenters. The molecule has 6 heterocycles. The third-order valence-corrected chi connectivity index (χ3v) is 7.25. The second kappa shape index (κ2) is 9.95. The molecular formula is C28H27N9O. The molecule has 6 rings (SSSR count). The summed E-state index contributed by atoms with van der Waals surface area (Å²) in [5.41, 5.74) is 5.15. The standard InChI is InChI=1S/C28H27N9O/c1-34-27(21-18-32-33-19-21)24(16-29)28-23(6-4-10-37(28)34)20-7-8-25(31-17-20)35-11-13-36(14-12-35)26(38)15-22-5-2-3-9-30-22/h2-10,17-19,27H,11-15H2,1H3,(H,32,33). The third kappa shape index (κ3) is 4.23. The number of nitrogens with one attached hydrogen (secondary N) is 1. The van der Waals surface area contributed by atoms with E-state index in [1.165, 1.54) is 0 Å². The van der Waals surface area contributed by atoms with Crippen LogP contribution < -0.4 is 4.90 Å². The highest BCUT2D eigenvalue weighted by molar-refractivity contribution is 5.83. The first-order chi connectivity index (χ1) is 18.6. The van der Waals surface area contributed by atoms with E-state index in [0.29, 0.717) is 25.1 Å². The number of aromatic nitrogens is 4. The molecule has 0 saturated carbocycles. The van der Waals surface area contributed by atoms with E-state index in [1.54, 1.807) is 12.4 Å². The van der Waals surface area contributed by atoms with Gasteiger partial charge >= 0.3 is 0 Å². The van der Waals surface area contributed by atoms with Gasteiger partial charge in [0.1, 0.15) is 5.82 Å². The zero-order chi connectivity index (χ0) is 26.1. The molecule has 1 saturated heterocycles. The molecule has 3 aliphatic heterocycles. The highest BCUT2D eigenvalue weighted by atomic mass is 16.2. The van der Waals surface area contributed by atoms with Crippen molar-refractivity contribution in [3.8, 4) is 6.07 Å². The molecule has 1 amide bonds. The van der Waals surface area contributed by atoms with Gasteiger partial charge in [-0.1, -0.05) is 12.1 Å². The fraction of sp³-hybridized carbons (Fsp3) is 0.250. The normalized spacial score (nSPS) is 19.4. The molecule has 3 aliphatic rings. The maximum absolute atomic E-state index is 12.7. The quantitative estimate of drug-likeness (QED) is 0.564. The zero-order valence-corrected chi connectivity index (χ0v) is 21.0. The van der Waals surface area contributed by atoms with Crippen molar-refractivity contribution >= 4 is 17.3 Å². The van der Waals surface area contributed by atoms with Crippen LogP contribution in [0.5, 0.6) is 0 Å². The van der Waals surface area contributed by atoms with Crippen molar-refractivity contribution in [3.05, 3.63) is 102 Å². The number of likely N-dealkylation sites (N-methyl/N-ethyl adjacent to an activating group) is 1. The fourth-order valence-corrected chi connectivity index (χ4v) is 5.30. The molecule has 3 aromatic rings. The number of hydrazine groups is 1. The Morgan fingerprint density at radius 2 is 2.00 bits per heavy atom. The Morgan fingerprint density at radius 3 is 2.68 bits per heavy atom. The molecule has 0 spiro atoms. The third-order valence-electron chi connectivity index (χ3n) is 7.25. The summed E-state index contributed by atoms with van der Waals surface area (Å²) >= 11 is 0. The van der Waals surface area contributed by atoms with Crippen LogP contribution in [0.4, 0.5) is 5.82 Å². The Morgan fingerprint density at radius 1 is 1.13 bits per heavy atom. The van der Waals surface area contributed by atoms with Gasteiger partial charge in [0.05, 0.1) is 36.0 Å². The van der Waals surface area contributed by atoms with E-state index in [2.05, 4.69) is 32.2 Å². The minimum absolute atomic E-state index is 0.102. The number of fused-ring (bicyclic) bond motifs is 1. The summed E-state index contributed by atoms with van der Waals surface area (Å²) in [6.45, 7) is 2.75. The van der Waals surface area contributed by atoms with Crippen LogP contribution in [-0.2, 0) is 11.2 Å². The van der Waals surface area contributed by atoms with Crippen molar-refractivity contribution in [1.82, 2.24) is 35.1 Å². The summed E-state index contributed by atoms with van der Waals surface area (Å²) < 4.78 is 0. The Kier molecular flexibility index (Phi) is 6.19. The van der Waals surface area contributed by atoms with Crippen LogP contribution in [0.25, 0.3) is 5.57 Å². The van der Waals surface area contributed by atoms with Crippen LogP contribution in [0.15, 0.2) is 84.7 Å². The summed E-state index contributed by atoms with van der Waals surface area (Å²) in [6, 6.07) is 11.9. The number of amides is 1. The zero-order valence-electron chi connectivity index (χ0n) is 21.0. The molecule has 1 N–H and O–H groups in total. The maximum Gasteiger partial charge on any atom is 0.228 e. The molecule has 0 aromatic carbocycles. The predicted molar refractivity (Wildman–Crippen MR) is 142 cm³/mol. The predicted octanol–water partition coefficient (Wildman–Crippen LogP) is 2.68. The van der Waals surface area contributed by atoms with E-state index in [0.717, 1.165) is 47.0 Å². The lowest BCUT2D eigenvalue weighted by molar-refractivity contribution is -0.130. The lowest BCUT2D eigenvalue weighted by Crippen LogP contribution is -2.49. The average molecular weight is 506 g/mol. The number of H-pyrrole nitrogens is 1. The number of nitriles is 1. The first kappa shape index (κ1) is 23.6. The van der Waals surface area contributed by atoms with E-state index in [9.17, 15) is 10.1 Å². The number of carbonyl (C=O) groups is 1. The SMILES string of the molecule is CN1C(c2cn[nH]c2)C(C#N)=C2C(c3ccc(N4CCN(C(=O)Cc5ccccn5)CC4)nc3)=CC=CN21. The van der Waals surface area contributed by atoms with Gasteiger partial charge in [0.2, 0.25) is 5.91 Å². The van der Waals surface area contributed by atoms with E-state index in [-0.39, 0.29) is 11.9 Å². The summed E-state index contributed by atoms with van der Waals surface area (Å²) in [6.07, 6.45) is 13.5. The Labute approximate surface area is 220 Å². The molecule has 190 valence electrons. The fourth-order valence-electron chi connectivity index (χ4n) is 5.30. The largest absolute Gasteiger partial charge is 0.353 e. The number of allylic oxidation sites excluding steroid dienone is 3. The van der Waals surface area contributed by atoms with Gasteiger partial charge in [0.25, 0.3) is 0 Å². The van der Waals surface area contributed by atoms with Crippen LogP contribution >= 0.6 is 0 Å². The summed E-state index contributed by atoms with van der Waals surface area (Å²) in [7, 11) is 1.97. The number of hydrogen-bond donors (Lipinski definition) is 1. The molecule has 3 aromatic heterocycles. The van der Waals surface area contributed by atoms with Gasteiger partial charge in [-0.15, -0.1) is 0 Å². The van der Waals surface area contributed by atoms with E-state index < -0.39 is 0 Å². The van der Waals surface area contributed by atoms with Crippen LogP contribution in [0.1, 0.15) is 22.9 Å². The van der Waals surface area contributed by atoms with E-state index in [1.807, 2.05) is 77.0 Å². The smallest absolute Gasteiger partial charge is 0.228 e. The van der Waals surface area contributed by atoms with Gasteiger partial charge in [0.15, 0.2) is 0 Å². The summed E-state index contributed by atoms with van der Waals surface area (Å²) in [5, 5.41) is 21.1. The number of piperazine rings is 1. The second-order valence-electron chi connectivity index (χ2n) is 9.42. The topological polar surface area (TPSA) is 108 Å². The highest BCUT2D eigenvalue weighted by Gasteiger charge is 2.40. The number of nitrogens with zero attached hydrogens (tertiary/aromatic N) is 8. The number of rotatable bonds is 5. The van der Waals surface area contributed by atoms with Gasteiger partial charge in [-0.2, -0.15) is 10.4 Å². The van der Waals surface area contributed by atoms with Crippen molar-refractivity contribution in [2.45, 2.75) is 12.5 Å². The minimum Gasteiger partial charge on any atom is -0.353 e. The molecular weight excluding hydrogens is 478 g/mol. The molecule has 0 bridgehead atoms. The lowest BCUT2D eigenvalue weighted by Gasteiger charge is -2.35. The van der Waals surface area contributed by atoms with Gasteiger partial charge in [-0.25, -0.2) is 9.99 Å². The van der Waals surface area contributed by atoms with Crippen molar-refractivity contribution in [3.63, 3.8) is 0 Å². The lowest BCUT2D eigenvalue weighted by atomic mass is 9.95. The van der Waals surface area contributed by atoms with Gasteiger partial charge in [0, 0.05) is 80.4 Å². The van der Waals surface area contributed by atoms with Crippen molar-refractivity contribution < 1.29 is 4.79 Å². The second-order valence-corrected chi connectivity index (χ2v) is 9.42. The minimum atomic E-state index is -0.219. The number of hydrogen-bond acceptors (Lipinski definition) is 8. The van der Waals surface area contributed by atoms with E-state index >= 15 is 0 Å². The van der Waals surface area contributed by atoms with Crippen molar-refractivity contribution in [2.75, 3.05) is 38.1 Å².